The van der Waals surface area contributed by atoms with Crippen molar-refractivity contribution in [2.75, 3.05) is 6.61 Å². The van der Waals surface area contributed by atoms with Crippen molar-refractivity contribution in [1.29, 1.82) is 0 Å². The monoisotopic (exact) mass is 847 g/mol. The van der Waals surface area contributed by atoms with Crippen molar-refractivity contribution in [3.05, 3.63) is 114 Å². The van der Waals surface area contributed by atoms with Crippen LogP contribution in [0, 0.1) is 19.8 Å². The van der Waals surface area contributed by atoms with Crippen molar-refractivity contribution in [2.45, 2.75) is 59.4 Å². The molecule has 0 saturated carbocycles. The quantitative estimate of drug-likeness (QED) is 0.142. The number of hydrogen-bond acceptors (Lipinski definition) is 2. The van der Waals surface area contributed by atoms with Gasteiger partial charge in [0.15, 0.2) is 0 Å². The van der Waals surface area contributed by atoms with Crippen molar-refractivity contribution >= 4 is 37.5 Å². The summed E-state index contributed by atoms with van der Waals surface area (Å²) in [5, 5.41) is 4.05. The second-order valence-electron chi connectivity index (χ2n) is 11.1. The molecule has 0 spiro atoms. The summed E-state index contributed by atoms with van der Waals surface area (Å²) in [7, 11) is -11.4. The molecule has 1 heterocycles. The number of aryl methyl sites for hydroxylation is 2. The molecule has 3 aromatic carbocycles. The summed E-state index contributed by atoms with van der Waals surface area (Å²) in [5.74, 6) is 1.29. The number of rotatable bonds is 5. The fraction of sp³-hybridized carbons (Fsp3) is 0.324. The van der Waals surface area contributed by atoms with E-state index in [0.717, 1.165) is 11.5 Å². The molecule has 1 aliphatic carbocycles. The van der Waals surface area contributed by atoms with Gasteiger partial charge in [-0.1, -0.05) is 110 Å². The molecular formula is C34H40F6IrNOP2-. The van der Waals surface area contributed by atoms with Gasteiger partial charge >= 0.3 is 33.0 Å². The molecule has 0 saturated heterocycles. The van der Waals surface area contributed by atoms with Gasteiger partial charge in [0.25, 0.3) is 0 Å². The first-order valence-electron chi connectivity index (χ1n) is 14.6. The summed E-state index contributed by atoms with van der Waals surface area (Å²) in [6, 6.07) is 26.5. The average Bonchev–Trinajstić information content (AvgIpc) is 3.40. The fourth-order valence-corrected chi connectivity index (χ4v) is 7.29. The minimum Gasteiger partial charge on any atom is 0 e. The third-order valence-electron chi connectivity index (χ3n) is 6.70. The standard InChI is InChI=1S/C26H28NOP.C8H12.F6P.Ir/c1-18(2)24-17-28-26(27-24)23-16-19(3)15-20(4)25(23)29(21-11-7-5-8-12-21)22-13-9-6-10-14-22;1-2-4-6-8-7-5-3-1;1-7(2,3,4,5)6;/h5-16,18,24H,17H2,1-4H3;1-2,7-8H,3-6H2;;/q;;-1;/b;2-1-,8-7-;;/t24-;;;/m1.../s1. The van der Waals surface area contributed by atoms with E-state index in [1.807, 2.05) is 0 Å². The first kappa shape index (κ1) is 38.9. The Hall–Kier alpha value is -2.30. The summed E-state index contributed by atoms with van der Waals surface area (Å²) in [5.41, 5.74) is 3.71. The van der Waals surface area contributed by atoms with E-state index in [-0.39, 0.29) is 26.1 Å². The molecule has 11 heteroatoms. The van der Waals surface area contributed by atoms with Gasteiger partial charge in [0.1, 0.15) is 6.61 Å². The molecule has 0 unspecified atom stereocenters. The van der Waals surface area contributed by atoms with Crippen LogP contribution in [0.4, 0.5) is 25.2 Å². The van der Waals surface area contributed by atoms with Gasteiger partial charge in [-0.25, -0.2) is 4.99 Å². The van der Waals surface area contributed by atoms with Crippen LogP contribution in [0.3, 0.4) is 0 Å². The molecule has 3 aromatic rings. The van der Waals surface area contributed by atoms with Crippen molar-refractivity contribution in [3.8, 4) is 0 Å². The van der Waals surface area contributed by atoms with E-state index >= 15 is 0 Å². The zero-order chi connectivity index (χ0) is 32.4. The molecule has 1 atom stereocenters. The molecule has 5 rings (SSSR count). The molecule has 0 fully saturated rings. The molecule has 0 amide bonds. The third-order valence-corrected chi connectivity index (χ3v) is 9.37. The third kappa shape index (κ3) is 14.8. The number of benzene rings is 3. The number of aliphatic imine (C=N–C) groups is 1. The van der Waals surface area contributed by atoms with Crippen LogP contribution in [0.1, 0.15) is 56.2 Å². The summed E-state index contributed by atoms with van der Waals surface area (Å²) in [6.45, 7) is 9.48. The van der Waals surface area contributed by atoms with Gasteiger partial charge < -0.3 is 4.74 Å². The van der Waals surface area contributed by atoms with Crippen LogP contribution in [0.2, 0.25) is 0 Å². The minimum atomic E-state index is -10.7. The van der Waals surface area contributed by atoms with E-state index in [2.05, 4.69) is 125 Å². The predicted octanol–water partition coefficient (Wildman–Crippen LogP) is 10.9. The Morgan fingerprint density at radius 2 is 1.16 bits per heavy atom. The Bertz CT molecular complexity index is 1390. The first-order valence-corrected chi connectivity index (χ1v) is 18.0. The molecule has 0 aromatic heterocycles. The van der Waals surface area contributed by atoms with Crippen molar-refractivity contribution in [3.63, 3.8) is 0 Å². The van der Waals surface area contributed by atoms with Gasteiger partial charge in [-0.15, -0.1) is 0 Å². The van der Waals surface area contributed by atoms with E-state index in [9.17, 15) is 25.2 Å². The summed E-state index contributed by atoms with van der Waals surface area (Å²) in [4.78, 5) is 4.98. The minimum absolute atomic E-state index is 0. The molecule has 0 bridgehead atoms. The van der Waals surface area contributed by atoms with Crippen molar-refractivity contribution < 1.29 is 50.0 Å². The van der Waals surface area contributed by atoms with Gasteiger partial charge in [-0.05, 0) is 75.6 Å². The molecule has 1 radical (unpaired) electrons. The number of nitrogens with zero attached hydrogens (tertiary/aromatic N) is 1. The topological polar surface area (TPSA) is 21.6 Å². The van der Waals surface area contributed by atoms with E-state index < -0.39 is 15.7 Å². The summed E-state index contributed by atoms with van der Waals surface area (Å²) < 4.78 is 65.3. The summed E-state index contributed by atoms with van der Waals surface area (Å²) >= 11 is 0. The zero-order valence-corrected chi connectivity index (χ0v) is 30.0. The van der Waals surface area contributed by atoms with E-state index in [1.54, 1.807) is 0 Å². The Balaban J connectivity index is 0.000000364. The predicted molar refractivity (Wildman–Crippen MR) is 176 cm³/mol. The summed E-state index contributed by atoms with van der Waals surface area (Å²) in [6.07, 6.45) is 14.0. The van der Waals surface area contributed by atoms with E-state index in [1.165, 1.54) is 52.7 Å². The molecule has 1 aliphatic heterocycles. The van der Waals surface area contributed by atoms with Crippen LogP contribution in [0.25, 0.3) is 0 Å². The Morgan fingerprint density at radius 1 is 0.733 bits per heavy atom. The van der Waals surface area contributed by atoms with Gasteiger partial charge in [0.2, 0.25) is 5.90 Å². The van der Waals surface area contributed by atoms with Gasteiger partial charge in [0.05, 0.1) is 6.04 Å². The maximum Gasteiger partial charge on any atom is 0 e. The van der Waals surface area contributed by atoms with Crippen molar-refractivity contribution in [2.24, 2.45) is 10.9 Å². The molecule has 2 aliphatic rings. The van der Waals surface area contributed by atoms with Gasteiger partial charge in [-0.3, -0.25) is 0 Å². The van der Waals surface area contributed by atoms with Crippen LogP contribution in [0.5, 0.6) is 0 Å². The zero-order valence-electron chi connectivity index (χ0n) is 25.8. The Morgan fingerprint density at radius 3 is 1.53 bits per heavy atom. The molecule has 45 heavy (non-hydrogen) atoms. The number of halogens is 6. The van der Waals surface area contributed by atoms with Gasteiger partial charge in [-0.2, -0.15) is 0 Å². The number of ether oxygens (including phenoxy) is 1. The number of hydrogen-bond donors (Lipinski definition) is 0. The maximum absolute atomic E-state index is 10.7. The average molecular weight is 847 g/mol. The largest absolute Gasteiger partial charge is 0 e. The SMILES string of the molecule is C1=C\CC/C=C\CC/1.Cc1cc(C)c(P(c2ccccc2)c2ccccc2)c(C2=N[C@@H](C(C)C)CO2)c1.F[P-](F)(F)(F)(F)F.[Ir]. The maximum atomic E-state index is 9.87. The van der Waals surface area contributed by atoms with E-state index in [4.69, 9.17) is 9.73 Å². The Kier molecular flexibility index (Phi) is 13.8. The second-order valence-corrected chi connectivity index (χ2v) is 15.2. The Labute approximate surface area is 277 Å². The smallest absolute Gasteiger partial charge is 0 e. The first-order chi connectivity index (χ1) is 20.5. The van der Waals surface area contributed by atoms with Crippen LogP contribution in [0.15, 0.2) is 102 Å². The fourth-order valence-electron chi connectivity index (χ4n) is 4.72. The normalized spacial score (nSPS) is 19.0. The molecular weight excluding hydrogens is 807 g/mol. The van der Waals surface area contributed by atoms with E-state index in [0.29, 0.717) is 12.5 Å². The van der Waals surface area contributed by atoms with Crippen LogP contribution in [-0.4, -0.2) is 18.5 Å². The number of allylic oxidation sites excluding steroid dienone is 4. The van der Waals surface area contributed by atoms with Crippen LogP contribution < -0.4 is 15.9 Å². The molecule has 249 valence electrons. The van der Waals surface area contributed by atoms with Gasteiger partial charge in [0, 0.05) is 31.0 Å². The van der Waals surface area contributed by atoms with Crippen LogP contribution in [-0.2, 0) is 24.8 Å². The molecule has 2 nitrogen and oxygen atoms in total. The van der Waals surface area contributed by atoms with Crippen molar-refractivity contribution in [1.82, 2.24) is 0 Å². The molecule has 0 N–H and O–H groups in total. The van der Waals surface area contributed by atoms with Crippen LogP contribution >= 0.6 is 15.7 Å². The second kappa shape index (κ2) is 16.0.